The Morgan fingerprint density at radius 2 is 1.67 bits per heavy atom. The second-order valence-corrected chi connectivity index (χ2v) is 9.28. The maximum atomic E-state index is 14.8. The Morgan fingerprint density at radius 3 is 2.29 bits per heavy atom. The summed E-state index contributed by atoms with van der Waals surface area (Å²) in [5.74, 6) is -0.179. The van der Waals surface area contributed by atoms with Crippen molar-refractivity contribution in [1.29, 1.82) is 0 Å². The third-order valence-corrected chi connectivity index (χ3v) is 6.36. The molecule has 5 rings (SSSR count). The average molecular weight is 594 g/mol. The van der Waals surface area contributed by atoms with Gasteiger partial charge in [0.1, 0.15) is 17.3 Å². The molecule has 5 aromatic rings. The highest BCUT2D eigenvalue weighted by atomic mass is 19.4. The number of anilines is 1. The van der Waals surface area contributed by atoms with Gasteiger partial charge in [-0.3, -0.25) is 4.68 Å². The minimum atomic E-state index is -4.59. The van der Waals surface area contributed by atoms with Crippen molar-refractivity contribution in [2.24, 2.45) is 7.05 Å². The maximum absolute atomic E-state index is 14.8. The van der Waals surface area contributed by atoms with Gasteiger partial charge in [-0.05, 0) is 36.8 Å². The summed E-state index contributed by atoms with van der Waals surface area (Å²) in [6, 6.07) is 9.94. The topological polar surface area (TPSA) is 82.7 Å². The van der Waals surface area contributed by atoms with Crippen LogP contribution >= 0.6 is 0 Å². The van der Waals surface area contributed by atoms with Crippen LogP contribution in [0.25, 0.3) is 11.0 Å². The quantitative estimate of drug-likeness (QED) is 0.201. The van der Waals surface area contributed by atoms with E-state index in [9.17, 15) is 30.7 Å². The molecule has 0 aliphatic carbocycles. The first-order valence-corrected chi connectivity index (χ1v) is 12.5. The van der Waals surface area contributed by atoms with E-state index in [4.69, 9.17) is 4.74 Å². The smallest absolute Gasteiger partial charge is 0.424 e. The maximum Gasteiger partial charge on any atom is 0.433 e. The number of alkyl halides is 6. The van der Waals surface area contributed by atoms with Crippen molar-refractivity contribution in [2.75, 3.05) is 5.32 Å². The monoisotopic (exact) mass is 593 g/mol. The molecule has 15 heteroatoms. The van der Waals surface area contributed by atoms with Crippen LogP contribution in [-0.4, -0.2) is 29.3 Å². The Hall–Kier alpha value is -4.69. The van der Waals surface area contributed by atoms with Crippen LogP contribution in [0.4, 0.5) is 36.7 Å². The zero-order valence-electron chi connectivity index (χ0n) is 22.1. The van der Waals surface area contributed by atoms with Gasteiger partial charge in [-0.15, -0.1) is 0 Å². The highest BCUT2D eigenvalue weighted by Gasteiger charge is 2.35. The predicted octanol–water partition coefficient (Wildman–Crippen LogP) is 6.75. The number of hydrogen-bond acceptors (Lipinski definition) is 6. The molecule has 0 bridgehead atoms. The minimum Gasteiger partial charge on any atom is -0.424 e. The van der Waals surface area contributed by atoms with E-state index in [2.05, 4.69) is 25.4 Å². The third-order valence-electron chi connectivity index (χ3n) is 6.36. The van der Waals surface area contributed by atoms with E-state index in [1.54, 1.807) is 12.1 Å². The molecule has 2 aromatic carbocycles. The number of imidazole rings is 1. The fourth-order valence-corrected chi connectivity index (χ4v) is 4.35. The van der Waals surface area contributed by atoms with Gasteiger partial charge in [0, 0.05) is 50.6 Å². The fraction of sp³-hybridized carbons (Fsp3) is 0.259. The van der Waals surface area contributed by atoms with Gasteiger partial charge in [0.2, 0.25) is 5.95 Å². The second kappa shape index (κ2) is 10.9. The van der Waals surface area contributed by atoms with Crippen LogP contribution in [0, 0.1) is 5.82 Å². The van der Waals surface area contributed by atoms with Crippen molar-refractivity contribution < 1.29 is 35.5 Å². The lowest BCUT2D eigenvalue weighted by Crippen LogP contribution is -2.11. The number of aromatic nitrogens is 6. The zero-order chi connectivity index (χ0) is 30.2. The van der Waals surface area contributed by atoms with Crippen molar-refractivity contribution in [3.63, 3.8) is 0 Å². The first kappa shape index (κ1) is 28.8. The van der Waals surface area contributed by atoms with E-state index in [0.717, 1.165) is 27.9 Å². The van der Waals surface area contributed by atoms with Gasteiger partial charge in [0.05, 0.1) is 22.3 Å². The largest absolute Gasteiger partial charge is 0.433 e. The molecule has 3 aromatic heterocycles. The summed E-state index contributed by atoms with van der Waals surface area (Å²) in [4.78, 5) is 11.6. The Bertz CT molecular complexity index is 1720. The molecule has 0 atom stereocenters. The average Bonchev–Trinajstić information content (AvgIpc) is 3.47. The lowest BCUT2D eigenvalue weighted by Gasteiger charge is -2.11. The summed E-state index contributed by atoms with van der Waals surface area (Å²) >= 11 is 0. The highest BCUT2D eigenvalue weighted by molar-refractivity contribution is 5.79. The van der Waals surface area contributed by atoms with Gasteiger partial charge in [-0.1, -0.05) is 12.1 Å². The molecule has 220 valence electrons. The SMILES string of the molecule is CCn1c(NCc2ccc(Oc3ncc(C(F)(F)F)cn3)cc2F)nc2ccc(Cc3cc(C(F)(F)F)n(C)n3)cc21. The molecule has 0 unspecified atom stereocenters. The number of rotatable bonds is 8. The number of fused-ring (bicyclic) bond motifs is 1. The number of aryl methyl sites for hydroxylation is 2. The first-order valence-electron chi connectivity index (χ1n) is 12.5. The van der Waals surface area contributed by atoms with Gasteiger partial charge in [-0.25, -0.2) is 19.3 Å². The van der Waals surface area contributed by atoms with Crippen molar-refractivity contribution in [2.45, 2.75) is 38.8 Å². The Balaban J connectivity index is 1.28. The molecule has 0 amide bonds. The Morgan fingerprint density at radius 1 is 0.929 bits per heavy atom. The number of ether oxygens (including phenoxy) is 1. The summed E-state index contributed by atoms with van der Waals surface area (Å²) in [7, 11) is 1.25. The predicted molar refractivity (Wildman–Crippen MR) is 137 cm³/mol. The molecule has 0 aliphatic heterocycles. The molecule has 0 spiro atoms. The summed E-state index contributed by atoms with van der Waals surface area (Å²) in [5.41, 5.74) is 0.799. The normalized spacial score (nSPS) is 12.2. The molecule has 1 N–H and O–H groups in total. The Labute approximate surface area is 233 Å². The van der Waals surface area contributed by atoms with E-state index >= 15 is 0 Å². The standard InChI is InChI=1S/C27H22F7N7O/c1-3-41-22-9-15(8-18-10-23(27(32,33)34)40(2)39-18)4-7-21(22)38-24(41)35-12-16-5-6-19(11-20(16)28)42-25-36-13-17(14-37-25)26(29,30)31/h4-7,9-11,13-14H,3,8,12H2,1-2H3,(H,35,38). The van der Waals surface area contributed by atoms with E-state index in [-0.39, 0.29) is 36.0 Å². The van der Waals surface area contributed by atoms with Gasteiger partial charge in [-0.2, -0.15) is 31.4 Å². The minimum absolute atomic E-state index is 0.000375. The number of nitrogens with one attached hydrogen (secondary N) is 1. The Kier molecular flexibility index (Phi) is 7.51. The molecule has 42 heavy (non-hydrogen) atoms. The number of halogens is 7. The summed E-state index contributed by atoms with van der Waals surface area (Å²) in [5, 5.41) is 7.08. The molecule has 0 aliphatic rings. The van der Waals surface area contributed by atoms with Crippen molar-refractivity contribution in [1.82, 2.24) is 29.3 Å². The molecular formula is C27H22F7N7O. The second-order valence-electron chi connectivity index (χ2n) is 9.28. The van der Waals surface area contributed by atoms with E-state index in [1.165, 1.54) is 19.2 Å². The molecule has 3 heterocycles. The van der Waals surface area contributed by atoms with Gasteiger partial charge in [0.15, 0.2) is 0 Å². The molecule has 8 nitrogen and oxygen atoms in total. The van der Waals surface area contributed by atoms with Crippen LogP contribution in [0.15, 0.2) is 54.9 Å². The van der Waals surface area contributed by atoms with Crippen LogP contribution in [0.3, 0.4) is 0 Å². The summed E-state index contributed by atoms with van der Waals surface area (Å²) in [6.07, 6.45) is -7.76. The van der Waals surface area contributed by atoms with E-state index < -0.39 is 29.4 Å². The van der Waals surface area contributed by atoms with Crippen LogP contribution < -0.4 is 10.1 Å². The van der Waals surface area contributed by atoms with Crippen LogP contribution in [0.5, 0.6) is 11.8 Å². The van der Waals surface area contributed by atoms with Gasteiger partial charge in [0.25, 0.3) is 0 Å². The third kappa shape index (κ3) is 6.14. The summed E-state index contributed by atoms with van der Waals surface area (Å²) < 4.78 is 100. The van der Waals surface area contributed by atoms with Crippen LogP contribution in [0.1, 0.15) is 35.0 Å². The first-order chi connectivity index (χ1) is 19.8. The van der Waals surface area contributed by atoms with Crippen molar-refractivity contribution >= 4 is 17.0 Å². The van der Waals surface area contributed by atoms with Crippen LogP contribution in [-0.2, 0) is 38.9 Å². The van der Waals surface area contributed by atoms with E-state index in [0.29, 0.717) is 30.4 Å². The molecule has 0 radical (unpaired) electrons. The molecule has 0 saturated carbocycles. The molecule has 0 saturated heterocycles. The number of hydrogen-bond donors (Lipinski definition) is 1. The zero-order valence-corrected chi connectivity index (χ0v) is 22.1. The number of benzene rings is 2. The van der Waals surface area contributed by atoms with Gasteiger partial charge < -0.3 is 14.6 Å². The lowest BCUT2D eigenvalue weighted by molar-refractivity contribution is -0.143. The van der Waals surface area contributed by atoms with Crippen molar-refractivity contribution in [3.05, 3.63) is 88.8 Å². The van der Waals surface area contributed by atoms with Gasteiger partial charge >= 0.3 is 18.4 Å². The number of nitrogens with zero attached hydrogens (tertiary/aromatic N) is 6. The van der Waals surface area contributed by atoms with Crippen molar-refractivity contribution in [3.8, 4) is 11.8 Å². The molecular weight excluding hydrogens is 571 g/mol. The molecule has 0 fully saturated rings. The highest BCUT2D eigenvalue weighted by Crippen LogP contribution is 2.31. The fourth-order valence-electron chi connectivity index (χ4n) is 4.35. The van der Waals surface area contributed by atoms with E-state index in [1.807, 2.05) is 17.6 Å². The lowest BCUT2D eigenvalue weighted by atomic mass is 10.1. The van der Waals surface area contributed by atoms with Crippen LogP contribution in [0.2, 0.25) is 0 Å². The summed E-state index contributed by atoms with van der Waals surface area (Å²) in [6.45, 7) is 2.45.